The standard InChI is InChI=1S/C14H21ClN2O/c1-10-7-12(16)11(15)8-13(10)17(2)9-14(18)5-3-4-6-14/h7-8,18H,3-6,9,16H2,1-2H3. The van der Waals surface area contributed by atoms with Gasteiger partial charge in [-0.05, 0) is 37.5 Å². The molecule has 2 rings (SSSR count). The molecule has 0 radical (unpaired) electrons. The molecule has 0 atom stereocenters. The molecule has 4 heteroatoms. The number of rotatable bonds is 3. The van der Waals surface area contributed by atoms with Crippen molar-refractivity contribution < 1.29 is 5.11 Å². The van der Waals surface area contributed by atoms with Gasteiger partial charge in [-0.15, -0.1) is 0 Å². The highest BCUT2D eigenvalue weighted by Crippen LogP contribution is 2.33. The number of aliphatic hydroxyl groups is 1. The minimum atomic E-state index is -0.547. The Balaban J connectivity index is 2.18. The van der Waals surface area contributed by atoms with Crippen LogP contribution in [0.15, 0.2) is 12.1 Å². The van der Waals surface area contributed by atoms with E-state index in [2.05, 4.69) is 4.90 Å². The van der Waals surface area contributed by atoms with Crippen molar-refractivity contribution in [2.45, 2.75) is 38.2 Å². The Morgan fingerprint density at radius 3 is 2.61 bits per heavy atom. The first-order valence-corrected chi connectivity index (χ1v) is 6.78. The molecule has 0 aromatic heterocycles. The summed E-state index contributed by atoms with van der Waals surface area (Å²) in [4.78, 5) is 2.08. The molecular weight excluding hydrogens is 248 g/mol. The van der Waals surface area contributed by atoms with E-state index in [1.54, 1.807) is 0 Å². The lowest BCUT2D eigenvalue weighted by molar-refractivity contribution is 0.0559. The first kappa shape index (κ1) is 13.5. The average molecular weight is 269 g/mol. The highest BCUT2D eigenvalue weighted by molar-refractivity contribution is 6.33. The maximum absolute atomic E-state index is 10.4. The van der Waals surface area contributed by atoms with E-state index in [1.807, 2.05) is 26.1 Å². The van der Waals surface area contributed by atoms with Gasteiger partial charge in [0.05, 0.1) is 16.3 Å². The molecule has 100 valence electrons. The minimum absolute atomic E-state index is 0.547. The normalized spacial score (nSPS) is 18.0. The number of anilines is 2. The zero-order valence-electron chi connectivity index (χ0n) is 11.0. The van der Waals surface area contributed by atoms with Crippen LogP contribution in [-0.4, -0.2) is 24.3 Å². The molecule has 0 amide bonds. The fraction of sp³-hybridized carbons (Fsp3) is 0.571. The third kappa shape index (κ3) is 2.73. The maximum Gasteiger partial charge on any atom is 0.0821 e. The van der Waals surface area contributed by atoms with E-state index in [4.69, 9.17) is 17.3 Å². The molecule has 1 aromatic carbocycles. The van der Waals surface area contributed by atoms with Crippen molar-refractivity contribution >= 4 is 23.0 Å². The second-order valence-electron chi connectivity index (χ2n) is 5.45. The maximum atomic E-state index is 10.4. The predicted molar refractivity (Wildman–Crippen MR) is 77.3 cm³/mol. The van der Waals surface area contributed by atoms with Gasteiger partial charge in [0.2, 0.25) is 0 Å². The van der Waals surface area contributed by atoms with Gasteiger partial charge in [0, 0.05) is 19.3 Å². The summed E-state index contributed by atoms with van der Waals surface area (Å²) in [7, 11) is 1.99. The Morgan fingerprint density at radius 1 is 1.39 bits per heavy atom. The SMILES string of the molecule is Cc1cc(N)c(Cl)cc1N(C)CC1(O)CCCC1. The second kappa shape index (κ2) is 4.98. The third-order valence-electron chi connectivity index (χ3n) is 3.79. The van der Waals surface area contributed by atoms with Crippen LogP contribution >= 0.6 is 11.6 Å². The molecule has 0 heterocycles. The summed E-state index contributed by atoms with van der Waals surface area (Å²) < 4.78 is 0. The number of nitrogens with two attached hydrogens (primary N) is 1. The molecule has 0 bridgehead atoms. The molecule has 18 heavy (non-hydrogen) atoms. The van der Waals surface area contributed by atoms with Crippen LogP contribution in [0, 0.1) is 6.92 Å². The van der Waals surface area contributed by atoms with E-state index in [1.165, 1.54) is 0 Å². The Morgan fingerprint density at radius 2 is 2.00 bits per heavy atom. The highest BCUT2D eigenvalue weighted by atomic mass is 35.5. The molecule has 1 aliphatic carbocycles. The van der Waals surface area contributed by atoms with Gasteiger partial charge < -0.3 is 15.7 Å². The number of likely N-dealkylation sites (N-methyl/N-ethyl adjacent to an activating group) is 1. The quantitative estimate of drug-likeness (QED) is 0.829. The van der Waals surface area contributed by atoms with Crippen molar-refractivity contribution in [2.24, 2.45) is 0 Å². The predicted octanol–water partition coefficient (Wildman–Crippen LogP) is 2.97. The highest BCUT2D eigenvalue weighted by Gasteiger charge is 2.32. The van der Waals surface area contributed by atoms with Gasteiger partial charge in [0.1, 0.15) is 0 Å². The fourth-order valence-electron chi connectivity index (χ4n) is 2.82. The van der Waals surface area contributed by atoms with E-state index in [-0.39, 0.29) is 0 Å². The van der Waals surface area contributed by atoms with Gasteiger partial charge in [-0.3, -0.25) is 0 Å². The molecule has 1 saturated carbocycles. The van der Waals surface area contributed by atoms with Gasteiger partial charge in [-0.25, -0.2) is 0 Å². The monoisotopic (exact) mass is 268 g/mol. The molecule has 1 fully saturated rings. The molecule has 3 nitrogen and oxygen atoms in total. The Kier molecular flexibility index (Phi) is 3.74. The van der Waals surface area contributed by atoms with Crippen molar-refractivity contribution in [1.82, 2.24) is 0 Å². The zero-order chi connectivity index (χ0) is 13.3. The number of nitrogen functional groups attached to an aromatic ring is 1. The number of benzene rings is 1. The second-order valence-corrected chi connectivity index (χ2v) is 5.85. The van der Waals surface area contributed by atoms with E-state index in [0.29, 0.717) is 17.3 Å². The summed E-state index contributed by atoms with van der Waals surface area (Å²) in [6, 6.07) is 3.76. The van der Waals surface area contributed by atoms with Gasteiger partial charge in [0.25, 0.3) is 0 Å². The topological polar surface area (TPSA) is 49.5 Å². The Hall–Kier alpha value is -0.930. The van der Waals surface area contributed by atoms with Gasteiger partial charge in [0.15, 0.2) is 0 Å². The van der Waals surface area contributed by atoms with Crippen LogP contribution < -0.4 is 10.6 Å². The molecule has 1 aromatic rings. The molecule has 3 N–H and O–H groups in total. The zero-order valence-corrected chi connectivity index (χ0v) is 11.8. The number of aryl methyl sites for hydroxylation is 1. The molecule has 0 saturated heterocycles. The number of hydrogen-bond acceptors (Lipinski definition) is 3. The summed E-state index contributed by atoms with van der Waals surface area (Å²) in [6.07, 6.45) is 4.01. The number of hydrogen-bond donors (Lipinski definition) is 2. The molecule has 0 spiro atoms. The first-order chi connectivity index (χ1) is 8.41. The van der Waals surface area contributed by atoms with Crippen LogP contribution in [0.5, 0.6) is 0 Å². The average Bonchev–Trinajstić information content (AvgIpc) is 2.70. The molecule has 1 aliphatic rings. The summed E-state index contributed by atoms with van der Waals surface area (Å²) in [5.41, 5.74) is 7.96. The van der Waals surface area contributed by atoms with E-state index in [9.17, 15) is 5.11 Å². The van der Waals surface area contributed by atoms with Crippen molar-refractivity contribution in [3.05, 3.63) is 22.7 Å². The van der Waals surface area contributed by atoms with Crippen molar-refractivity contribution in [2.75, 3.05) is 24.2 Å². The van der Waals surface area contributed by atoms with Crippen molar-refractivity contribution in [3.63, 3.8) is 0 Å². The summed E-state index contributed by atoms with van der Waals surface area (Å²) >= 11 is 6.07. The number of nitrogens with zero attached hydrogens (tertiary/aromatic N) is 1. The van der Waals surface area contributed by atoms with Crippen LogP contribution in [0.3, 0.4) is 0 Å². The summed E-state index contributed by atoms with van der Waals surface area (Å²) in [5, 5.41) is 11.0. The van der Waals surface area contributed by atoms with Gasteiger partial charge in [-0.1, -0.05) is 24.4 Å². The van der Waals surface area contributed by atoms with Crippen LogP contribution in [0.1, 0.15) is 31.2 Å². The van der Waals surface area contributed by atoms with Crippen molar-refractivity contribution in [3.8, 4) is 0 Å². The van der Waals surface area contributed by atoms with Crippen LogP contribution in [-0.2, 0) is 0 Å². The summed E-state index contributed by atoms with van der Waals surface area (Å²) in [5.74, 6) is 0. The lowest BCUT2D eigenvalue weighted by Gasteiger charge is -2.31. The fourth-order valence-corrected chi connectivity index (χ4v) is 2.98. The van der Waals surface area contributed by atoms with E-state index in [0.717, 1.165) is 36.9 Å². The molecule has 0 unspecified atom stereocenters. The third-order valence-corrected chi connectivity index (χ3v) is 4.12. The van der Waals surface area contributed by atoms with Crippen LogP contribution in [0.2, 0.25) is 5.02 Å². The molecular formula is C14H21ClN2O. The smallest absolute Gasteiger partial charge is 0.0821 e. The summed E-state index contributed by atoms with van der Waals surface area (Å²) in [6.45, 7) is 2.66. The lowest BCUT2D eigenvalue weighted by atomic mass is 10.0. The van der Waals surface area contributed by atoms with Crippen LogP contribution in [0.25, 0.3) is 0 Å². The first-order valence-electron chi connectivity index (χ1n) is 6.40. The Labute approximate surface area is 114 Å². The lowest BCUT2D eigenvalue weighted by Crippen LogP contribution is -2.39. The number of halogens is 1. The Bertz CT molecular complexity index is 442. The van der Waals surface area contributed by atoms with Crippen molar-refractivity contribution in [1.29, 1.82) is 0 Å². The van der Waals surface area contributed by atoms with E-state index >= 15 is 0 Å². The van der Waals surface area contributed by atoms with Crippen LogP contribution in [0.4, 0.5) is 11.4 Å². The van der Waals surface area contributed by atoms with Gasteiger partial charge >= 0.3 is 0 Å². The largest absolute Gasteiger partial charge is 0.398 e. The van der Waals surface area contributed by atoms with Gasteiger partial charge in [-0.2, -0.15) is 0 Å². The molecule has 0 aliphatic heterocycles. The van der Waals surface area contributed by atoms with E-state index < -0.39 is 5.60 Å². The minimum Gasteiger partial charge on any atom is -0.398 e.